The summed E-state index contributed by atoms with van der Waals surface area (Å²) in [5, 5.41) is 2.63. The number of halogens is 1. The van der Waals surface area contributed by atoms with Gasteiger partial charge in [-0.2, -0.15) is 0 Å². The molecule has 6 nitrogen and oxygen atoms in total. The Morgan fingerprint density at radius 2 is 1.79 bits per heavy atom. The first-order valence-electron chi connectivity index (χ1n) is 8.26. The second-order valence-electron chi connectivity index (χ2n) is 5.97. The normalized spacial score (nSPS) is 15.6. The third-order valence-corrected chi connectivity index (χ3v) is 5.17. The average Bonchev–Trinajstić information content (AvgIpc) is 2.66. The van der Waals surface area contributed by atoms with Gasteiger partial charge in [0.05, 0.1) is 24.4 Å². The van der Waals surface area contributed by atoms with Gasteiger partial charge in [0, 0.05) is 11.6 Å². The number of carbonyl (C=O) groups excluding carboxylic acids is 2. The maximum absolute atomic E-state index is 13.1. The number of hydrogen-bond acceptors (Lipinski definition) is 5. The van der Waals surface area contributed by atoms with E-state index in [4.69, 9.17) is 21.7 Å². The van der Waals surface area contributed by atoms with E-state index in [1.54, 1.807) is 18.2 Å². The van der Waals surface area contributed by atoms with Gasteiger partial charge < -0.3 is 9.47 Å². The topological polar surface area (TPSA) is 67.9 Å². The number of methoxy groups -OCH3 is 2. The number of amides is 2. The zero-order valence-corrected chi connectivity index (χ0v) is 17.8. The summed E-state index contributed by atoms with van der Waals surface area (Å²) in [7, 11) is 3.04. The molecule has 0 spiro atoms. The molecule has 0 radical (unpaired) electrons. The lowest BCUT2D eigenvalue weighted by Crippen LogP contribution is -2.54. The number of para-hydroxylation sites is 1. The molecule has 0 saturated carbocycles. The predicted octanol–water partition coefficient (Wildman–Crippen LogP) is 3.61. The van der Waals surface area contributed by atoms with Gasteiger partial charge in [-0.15, -0.1) is 0 Å². The maximum atomic E-state index is 13.1. The lowest BCUT2D eigenvalue weighted by Gasteiger charge is -2.30. The summed E-state index contributed by atoms with van der Waals surface area (Å²) in [6.07, 6.45) is 1.48. The molecule has 1 heterocycles. The van der Waals surface area contributed by atoms with Crippen LogP contribution in [0.2, 0.25) is 0 Å². The molecule has 1 fully saturated rings. The second-order valence-corrected chi connectivity index (χ2v) is 7.21. The third-order valence-electron chi connectivity index (χ3n) is 4.26. The van der Waals surface area contributed by atoms with Crippen LogP contribution in [0, 0.1) is 6.92 Å². The average molecular weight is 461 g/mol. The van der Waals surface area contributed by atoms with Crippen molar-refractivity contribution in [3.8, 4) is 11.5 Å². The summed E-state index contributed by atoms with van der Waals surface area (Å²) >= 11 is 8.65. The van der Waals surface area contributed by atoms with Gasteiger partial charge in [0.15, 0.2) is 5.11 Å². The van der Waals surface area contributed by atoms with Gasteiger partial charge >= 0.3 is 0 Å². The van der Waals surface area contributed by atoms with Crippen LogP contribution in [0.5, 0.6) is 11.5 Å². The minimum Gasteiger partial charge on any atom is -0.496 e. The Morgan fingerprint density at radius 1 is 1.11 bits per heavy atom. The van der Waals surface area contributed by atoms with Crippen molar-refractivity contribution in [2.24, 2.45) is 0 Å². The highest BCUT2D eigenvalue weighted by Gasteiger charge is 2.35. The largest absolute Gasteiger partial charge is 0.496 e. The van der Waals surface area contributed by atoms with E-state index in [2.05, 4.69) is 21.2 Å². The van der Waals surface area contributed by atoms with E-state index in [1.807, 2.05) is 25.1 Å². The molecule has 8 heteroatoms. The zero-order chi connectivity index (χ0) is 20.4. The molecule has 0 aliphatic carbocycles. The van der Waals surface area contributed by atoms with Crippen molar-refractivity contribution in [1.29, 1.82) is 0 Å². The molecule has 2 aromatic rings. The fourth-order valence-electron chi connectivity index (χ4n) is 2.84. The molecule has 2 aromatic carbocycles. The Bertz CT molecular complexity index is 1020. The third kappa shape index (κ3) is 3.65. The van der Waals surface area contributed by atoms with Crippen LogP contribution in [0.1, 0.15) is 11.1 Å². The van der Waals surface area contributed by atoms with Crippen LogP contribution in [0.4, 0.5) is 5.69 Å². The van der Waals surface area contributed by atoms with Crippen LogP contribution in [0.15, 0.2) is 46.4 Å². The fourth-order valence-corrected chi connectivity index (χ4v) is 3.64. The van der Waals surface area contributed by atoms with E-state index in [0.717, 1.165) is 5.56 Å². The van der Waals surface area contributed by atoms with Gasteiger partial charge in [-0.1, -0.05) is 18.2 Å². The molecular weight excluding hydrogens is 444 g/mol. The van der Waals surface area contributed by atoms with E-state index in [1.165, 1.54) is 25.2 Å². The Hall–Kier alpha value is -2.71. The Kier molecular flexibility index (Phi) is 5.81. The monoisotopic (exact) mass is 460 g/mol. The summed E-state index contributed by atoms with van der Waals surface area (Å²) in [6.45, 7) is 1.87. The molecule has 0 aromatic heterocycles. The quantitative estimate of drug-likeness (QED) is 0.428. The van der Waals surface area contributed by atoms with Gasteiger partial charge in [-0.05, 0) is 58.8 Å². The van der Waals surface area contributed by atoms with Crippen molar-refractivity contribution in [1.82, 2.24) is 5.32 Å². The van der Waals surface area contributed by atoms with Gasteiger partial charge in [-0.25, -0.2) is 0 Å². The van der Waals surface area contributed by atoms with Gasteiger partial charge in [0.1, 0.15) is 17.1 Å². The summed E-state index contributed by atoms with van der Waals surface area (Å²) < 4.78 is 11.3. The molecule has 0 bridgehead atoms. The van der Waals surface area contributed by atoms with Crippen LogP contribution in [0.3, 0.4) is 0 Å². The van der Waals surface area contributed by atoms with Crippen molar-refractivity contribution in [3.05, 3.63) is 57.6 Å². The van der Waals surface area contributed by atoms with E-state index in [0.29, 0.717) is 27.2 Å². The lowest BCUT2D eigenvalue weighted by molar-refractivity contribution is -0.122. The maximum Gasteiger partial charge on any atom is 0.270 e. The highest BCUT2D eigenvalue weighted by atomic mass is 79.9. The van der Waals surface area contributed by atoms with E-state index in [9.17, 15) is 9.59 Å². The molecule has 2 amide bonds. The van der Waals surface area contributed by atoms with Crippen molar-refractivity contribution in [2.75, 3.05) is 19.1 Å². The number of hydrogen-bond donors (Lipinski definition) is 1. The molecule has 1 aliphatic heterocycles. The molecular formula is C20H17BrN2O4S. The molecule has 1 saturated heterocycles. The molecule has 0 unspecified atom stereocenters. The van der Waals surface area contributed by atoms with E-state index >= 15 is 0 Å². The summed E-state index contributed by atoms with van der Waals surface area (Å²) in [5.41, 5.74) is 1.98. The molecule has 1 N–H and O–H groups in total. The van der Waals surface area contributed by atoms with Crippen molar-refractivity contribution in [2.45, 2.75) is 6.92 Å². The number of carbonyl (C=O) groups is 2. The van der Waals surface area contributed by atoms with Crippen molar-refractivity contribution >= 4 is 56.8 Å². The lowest BCUT2D eigenvalue weighted by atomic mass is 10.0. The number of rotatable bonds is 4. The molecule has 3 rings (SSSR count). The minimum absolute atomic E-state index is 0.0457. The summed E-state index contributed by atoms with van der Waals surface area (Å²) in [6, 6.07) is 10.7. The van der Waals surface area contributed by atoms with Gasteiger partial charge in [0.25, 0.3) is 11.8 Å². The van der Waals surface area contributed by atoms with Gasteiger partial charge in [0.2, 0.25) is 0 Å². The number of anilines is 1. The van der Waals surface area contributed by atoms with Crippen LogP contribution in [0.25, 0.3) is 6.08 Å². The number of nitrogens with one attached hydrogen (secondary N) is 1. The summed E-state index contributed by atoms with van der Waals surface area (Å²) in [5.74, 6) is -0.0317. The second kappa shape index (κ2) is 8.12. The Morgan fingerprint density at radius 3 is 2.43 bits per heavy atom. The van der Waals surface area contributed by atoms with Gasteiger partial charge in [-0.3, -0.25) is 19.8 Å². The van der Waals surface area contributed by atoms with Crippen LogP contribution in [-0.2, 0) is 9.59 Å². The first-order chi connectivity index (χ1) is 13.4. The zero-order valence-electron chi connectivity index (χ0n) is 15.4. The van der Waals surface area contributed by atoms with E-state index in [-0.39, 0.29) is 10.7 Å². The molecule has 0 atom stereocenters. The first kappa shape index (κ1) is 20.0. The molecule has 28 heavy (non-hydrogen) atoms. The Labute approximate surface area is 176 Å². The SMILES string of the molecule is COc1cc(OC)c(/C=C2\C(=O)NC(=S)N(c3ccccc3C)C2=O)cc1Br. The predicted molar refractivity (Wildman–Crippen MR) is 115 cm³/mol. The van der Waals surface area contributed by atoms with Crippen LogP contribution >= 0.6 is 28.1 Å². The standard InChI is InChI=1S/C20H17BrN2O4S/c1-11-6-4-5-7-15(11)23-19(25)13(18(24)22-20(23)28)8-12-9-14(21)17(27-3)10-16(12)26-2/h4-10H,1-3H3,(H,22,24,28)/b13-8+. The number of thiocarbonyl (C=S) groups is 1. The number of benzene rings is 2. The van der Waals surface area contributed by atoms with Crippen LogP contribution in [-0.4, -0.2) is 31.1 Å². The molecule has 1 aliphatic rings. The highest BCUT2D eigenvalue weighted by Crippen LogP contribution is 2.34. The summed E-state index contributed by atoms with van der Waals surface area (Å²) in [4.78, 5) is 27.0. The Balaban J connectivity index is 2.10. The first-order valence-corrected chi connectivity index (χ1v) is 9.46. The fraction of sp³-hybridized carbons (Fsp3) is 0.150. The van der Waals surface area contributed by atoms with Crippen molar-refractivity contribution < 1.29 is 19.1 Å². The van der Waals surface area contributed by atoms with E-state index < -0.39 is 11.8 Å². The van der Waals surface area contributed by atoms with Crippen LogP contribution < -0.4 is 19.7 Å². The number of ether oxygens (including phenoxy) is 2. The smallest absolute Gasteiger partial charge is 0.270 e. The van der Waals surface area contributed by atoms with Crippen molar-refractivity contribution in [3.63, 3.8) is 0 Å². The highest BCUT2D eigenvalue weighted by molar-refractivity contribution is 9.10. The molecule has 144 valence electrons. The number of aryl methyl sites for hydroxylation is 1. The minimum atomic E-state index is -0.561. The number of nitrogens with zero attached hydrogens (tertiary/aromatic N) is 1.